The number of carbonyl (C=O) groups excluding carboxylic acids is 1. The summed E-state index contributed by atoms with van der Waals surface area (Å²) in [5.41, 5.74) is 5.97. The fraction of sp³-hybridized carbons (Fsp3) is 0.214. The Hall–Kier alpha value is -4.06. The van der Waals surface area contributed by atoms with Crippen molar-refractivity contribution in [2.24, 2.45) is 0 Å². The molecule has 1 amide bonds. The summed E-state index contributed by atoms with van der Waals surface area (Å²) in [4.78, 5) is 17.0. The summed E-state index contributed by atoms with van der Waals surface area (Å²) in [6.07, 6.45) is 4.96. The van der Waals surface area contributed by atoms with Gasteiger partial charge in [0.1, 0.15) is 22.9 Å². The lowest BCUT2D eigenvalue weighted by molar-refractivity contribution is -0.111. The molecule has 6 nitrogen and oxygen atoms in total. The summed E-state index contributed by atoms with van der Waals surface area (Å²) in [6.45, 7) is 8.20. The number of pyridine rings is 1. The summed E-state index contributed by atoms with van der Waals surface area (Å²) < 4.78 is 17.6. The minimum Gasteiger partial charge on any atom is -0.496 e. The highest BCUT2D eigenvalue weighted by molar-refractivity contribution is 6.06. The molecule has 0 bridgehead atoms. The molecule has 2 aromatic heterocycles. The number of furan rings is 1. The number of benzene rings is 2. The van der Waals surface area contributed by atoms with Crippen LogP contribution in [0.3, 0.4) is 0 Å². The van der Waals surface area contributed by atoms with Gasteiger partial charge in [0.2, 0.25) is 5.91 Å². The van der Waals surface area contributed by atoms with E-state index in [1.165, 1.54) is 0 Å². The molecule has 4 aromatic rings. The molecule has 0 spiro atoms. The zero-order chi connectivity index (χ0) is 24.2. The molecule has 34 heavy (non-hydrogen) atoms. The number of aromatic nitrogens is 1. The molecule has 0 aliphatic heterocycles. The molecule has 0 fully saturated rings. The van der Waals surface area contributed by atoms with E-state index in [2.05, 4.69) is 10.3 Å². The molecule has 0 saturated heterocycles. The number of allylic oxidation sites excluding steroid dienone is 1. The number of rotatable bonds is 7. The van der Waals surface area contributed by atoms with Crippen molar-refractivity contribution in [3.8, 4) is 22.6 Å². The zero-order valence-electron chi connectivity index (χ0n) is 20.1. The average Bonchev–Trinajstić information content (AvgIpc) is 3.26. The second kappa shape index (κ2) is 9.83. The third kappa shape index (κ3) is 4.39. The van der Waals surface area contributed by atoms with Gasteiger partial charge in [0, 0.05) is 39.9 Å². The molecule has 4 rings (SSSR count). The molecular weight excluding hydrogens is 428 g/mol. The number of para-hydroxylation sites is 1. The van der Waals surface area contributed by atoms with E-state index in [4.69, 9.17) is 13.9 Å². The van der Waals surface area contributed by atoms with Gasteiger partial charge < -0.3 is 19.2 Å². The maximum atomic E-state index is 12.8. The summed E-state index contributed by atoms with van der Waals surface area (Å²) >= 11 is 0. The molecule has 0 aliphatic rings. The summed E-state index contributed by atoms with van der Waals surface area (Å²) in [7, 11) is 1.65. The minimum absolute atomic E-state index is 0.253. The number of fused-ring (bicyclic) bond motifs is 1. The van der Waals surface area contributed by atoms with Crippen LogP contribution in [0.5, 0.6) is 11.5 Å². The van der Waals surface area contributed by atoms with Gasteiger partial charge in [0.25, 0.3) is 0 Å². The number of nitrogens with zero attached hydrogens (tertiary/aromatic N) is 1. The monoisotopic (exact) mass is 456 g/mol. The fourth-order valence-corrected chi connectivity index (χ4v) is 4.06. The molecule has 0 unspecified atom stereocenters. The summed E-state index contributed by atoms with van der Waals surface area (Å²) in [5, 5.41) is 3.78. The van der Waals surface area contributed by atoms with E-state index in [1.807, 2.05) is 70.2 Å². The predicted octanol–water partition coefficient (Wildman–Crippen LogP) is 6.56. The Balaban J connectivity index is 1.82. The van der Waals surface area contributed by atoms with Crippen molar-refractivity contribution in [1.29, 1.82) is 0 Å². The van der Waals surface area contributed by atoms with Crippen molar-refractivity contribution in [2.75, 3.05) is 19.0 Å². The maximum Gasteiger partial charge on any atom is 0.249 e. The van der Waals surface area contributed by atoms with Crippen LogP contribution in [0.2, 0.25) is 0 Å². The molecule has 0 atom stereocenters. The van der Waals surface area contributed by atoms with Crippen molar-refractivity contribution in [2.45, 2.75) is 27.7 Å². The minimum atomic E-state index is -0.253. The molecule has 1 N–H and O–H groups in total. The number of amides is 1. The SMILES string of the molecule is CCOc1c(/C(C)=C/C(=O)Nc2ncccc2C)cc2c(-c3ccccc3OC)coc2c1C. The van der Waals surface area contributed by atoms with Gasteiger partial charge in [-0.3, -0.25) is 4.79 Å². The lowest BCUT2D eigenvalue weighted by Gasteiger charge is -2.15. The van der Waals surface area contributed by atoms with E-state index >= 15 is 0 Å². The van der Waals surface area contributed by atoms with Crippen LogP contribution >= 0.6 is 0 Å². The number of anilines is 1. The first kappa shape index (κ1) is 23.1. The second-order valence-electron chi connectivity index (χ2n) is 8.02. The van der Waals surface area contributed by atoms with E-state index in [0.29, 0.717) is 18.2 Å². The van der Waals surface area contributed by atoms with Crippen LogP contribution in [-0.4, -0.2) is 24.6 Å². The van der Waals surface area contributed by atoms with E-state index < -0.39 is 0 Å². The maximum absolute atomic E-state index is 12.8. The normalized spacial score (nSPS) is 11.5. The van der Waals surface area contributed by atoms with Crippen molar-refractivity contribution in [3.63, 3.8) is 0 Å². The lowest BCUT2D eigenvalue weighted by atomic mass is 9.96. The number of carbonyl (C=O) groups is 1. The van der Waals surface area contributed by atoms with Crippen LogP contribution in [0.1, 0.15) is 30.5 Å². The topological polar surface area (TPSA) is 73.6 Å². The van der Waals surface area contributed by atoms with Crippen LogP contribution in [0, 0.1) is 13.8 Å². The van der Waals surface area contributed by atoms with Gasteiger partial charge >= 0.3 is 0 Å². The standard InChI is InChI=1S/C28H28N2O4/c1-6-33-26-19(4)27-22(23(16-34-27)20-11-7-8-12-24(20)32-5)15-21(26)18(3)14-25(31)30-28-17(2)10-9-13-29-28/h7-16H,6H2,1-5H3,(H,29,30,31)/b18-14+. The Morgan fingerprint density at radius 3 is 2.68 bits per heavy atom. The van der Waals surface area contributed by atoms with Crippen LogP contribution in [0.4, 0.5) is 5.82 Å². The Kier molecular flexibility index (Phi) is 6.68. The van der Waals surface area contributed by atoms with Crippen LogP contribution in [0.25, 0.3) is 27.7 Å². The van der Waals surface area contributed by atoms with Crippen molar-refractivity contribution in [1.82, 2.24) is 4.98 Å². The first-order valence-corrected chi connectivity index (χ1v) is 11.2. The number of nitrogens with one attached hydrogen (secondary N) is 1. The van der Waals surface area contributed by atoms with E-state index in [9.17, 15) is 4.79 Å². The summed E-state index contributed by atoms with van der Waals surface area (Å²) in [5.74, 6) is 1.75. The van der Waals surface area contributed by atoms with Gasteiger partial charge in [0.15, 0.2) is 0 Å². The molecule has 0 saturated carbocycles. The molecular formula is C28H28N2O4. The molecule has 6 heteroatoms. The third-order valence-corrected chi connectivity index (χ3v) is 5.75. The average molecular weight is 457 g/mol. The lowest BCUT2D eigenvalue weighted by Crippen LogP contribution is -2.11. The Bertz CT molecular complexity index is 1380. The predicted molar refractivity (Wildman–Crippen MR) is 135 cm³/mol. The van der Waals surface area contributed by atoms with Crippen LogP contribution in [-0.2, 0) is 4.79 Å². The molecule has 2 heterocycles. The molecule has 174 valence electrons. The van der Waals surface area contributed by atoms with Crippen molar-refractivity contribution >= 4 is 28.3 Å². The van der Waals surface area contributed by atoms with Crippen LogP contribution in [0.15, 0.2) is 65.4 Å². The number of methoxy groups -OCH3 is 1. The zero-order valence-corrected chi connectivity index (χ0v) is 20.1. The van der Waals surface area contributed by atoms with Gasteiger partial charge in [-0.1, -0.05) is 24.3 Å². The Morgan fingerprint density at radius 1 is 1.15 bits per heavy atom. The van der Waals surface area contributed by atoms with E-state index in [0.717, 1.165) is 50.1 Å². The largest absolute Gasteiger partial charge is 0.496 e. The number of aryl methyl sites for hydroxylation is 2. The van der Waals surface area contributed by atoms with E-state index in [-0.39, 0.29) is 5.91 Å². The number of hydrogen-bond donors (Lipinski definition) is 1. The number of hydrogen-bond acceptors (Lipinski definition) is 5. The Morgan fingerprint density at radius 2 is 1.94 bits per heavy atom. The van der Waals surface area contributed by atoms with Gasteiger partial charge in [0.05, 0.1) is 20.0 Å². The highest BCUT2D eigenvalue weighted by atomic mass is 16.5. The van der Waals surface area contributed by atoms with Crippen molar-refractivity contribution < 1.29 is 18.7 Å². The molecule has 2 aromatic carbocycles. The van der Waals surface area contributed by atoms with Gasteiger partial charge in [-0.05, 0) is 57.0 Å². The van der Waals surface area contributed by atoms with Crippen LogP contribution < -0.4 is 14.8 Å². The molecule has 0 aliphatic carbocycles. The van der Waals surface area contributed by atoms with E-state index in [1.54, 1.807) is 25.6 Å². The first-order valence-electron chi connectivity index (χ1n) is 11.2. The van der Waals surface area contributed by atoms with Gasteiger partial charge in [-0.15, -0.1) is 0 Å². The highest BCUT2D eigenvalue weighted by Gasteiger charge is 2.20. The summed E-state index contributed by atoms with van der Waals surface area (Å²) in [6, 6.07) is 13.6. The quantitative estimate of drug-likeness (QED) is 0.319. The van der Waals surface area contributed by atoms with Crippen molar-refractivity contribution in [3.05, 3.63) is 77.7 Å². The second-order valence-corrected chi connectivity index (χ2v) is 8.02. The first-order chi connectivity index (χ1) is 16.4. The number of ether oxygens (including phenoxy) is 2. The third-order valence-electron chi connectivity index (χ3n) is 5.75. The van der Waals surface area contributed by atoms with Gasteiger partial charge in [-0.25, -0.2) is 4.98 Å². The Labute approximate surface area is 199 Å². The fourth-order valence-electron chi connectivity index (χ4n) is 4.06. The van der Waals surface area contributed by atoms with Gasteiger partial charge in [-0.2, -0.15) is 0 Å². The molecule has 0 radical (unpaired) electrons. The highest BCUT2D eigenvalue weighted by Crippen LogP contribution is 2.42. The smallest absolute Gasteiger partial charge is 0.249 e.